The summed E-state index contributed by atoms with van der Waals surface area (Å²) in [6.07, 6.45) is 0.191. The van der Waals surface area contributed by atoms with E-state index in [2.05, 4.69) is 10.3 Å². The molecule has 0 aliphatic rings. The van der Waals surface area contributed by atoms with Crippen LogP contribution >= 0.6 is 0 Å². The molecule has 0 radical (unpaired) electrons. The van der Waals surface area contributed by atoms with Gasteiger partial charge in [0.25, 0.3) is 6.01 Å². The third kappa shape index (κ3) is 3.66. The summed E-state index contributed by atoms with van der Waals surface area (Å²) in [5.41, 5.74) is 1.45. The number of carboxylic acids is 1. The van der Waals surface area contributed by atoms with Crippen LogP contribution in [0.5, 0.6) is 5.75 Å². The van der Waals surface area contributed by atoms with E-state index < -0.39 is 17.6 Å². The SMILES string of the molecule is COc1ccc(C[C@H](Nc2nc3cccc(C)c3c(=O)o2)C(=O)O)cc1. The molecule has 2 aromatic carbocycles. The van der Waals surface area contributed by atoms with Gasteiger partial charge in [-0.05, 0) is 36.2 Å². The van der Waals surface area contributed by atoms with Crippen LogP contribution in [0.3, 0.4) is 0 Å². The van der Waals surface area contributed by atoms with Gasteiger partial charge in [0.2, 0.25) is 0 Å². The number of carbonyl (C=O) groups is 1. The number of anilines is 1. The number of ether oxygens (including phenoxy) is 1. The van der Waals surface area contributed by atoms with Crippen LogP contribution in [-0.4, -0.2) is 29.2 Å². The Balaban J connectivity index is 1.87. The molecule has 7 nitrogen and oxygen atoms in total. The molecule has 1 atom stereocenters. The standard InChI is InChI=1S/C19H18N2O5/c1-11-4-3-5-14-16(11)18(24)26-19(20-14)21-15(17(22)23)10-12-6-8-13(25-2)9-7-12/h3-9,15H,10H2,1-2H3,(H,20,21)(H,22,23)/t15-/m0/s1. The zero-order valence-electron chi connectivity index (χ0n) is 14.4. The molecule has 7 heteroatoms. The Hall–Kier alpha value is -3.35. The number of nitrogens with zero attached hydrogens (tertiary/aromatic N) is 1. The maximum atomic E-state index is 12.2. The van der Waals surface area contributed by atoms with E-state index in [1.165, 1.54) is 0 Å². The molecule has 0 fully saturated rings. The van der Waals surface area contributed by atoms with E-state index in [0.29, 0.717) is 16.7 Å². The van der Waals surface area contributed by atoms with Gasteiger partial charge in [-0.15, -0.1) is 0 Å². The van der Waals surface area contributed by atoms with Crippen molar-refractivity contribution in [2.45, 2.75) is 19.4 Å². The van der Waals surface area contributed by atoms with Crippen LogP contribution in [0.1, 0.15) is 11.1 Å². The molecule has 134 valence electrons. The number of fused-ring (bicyclic) bond motifs is 1. The van der Waals surface area contributed by atoms with Crippen LogP contribution in [0.2, 0.25) is 0 Å². The second-order valence-corrected chi connectivity index (χ2v) is 5.86. The van der Waals surface area contributed by atoms with Crippen molar-refractivity contribution in [3.63, 3.8) is 0 Å². The fourth-order valence-electron chi connectivity index (χ4n) is 2.69. The minimum Gasteiger partial charge on any atom is -0.497 e. The highest BCUT2D eigenvalue weighted by Crippen LogP contribution is 2.17. The van der Waals surface area contributed by atoms with Crippen molar-refractivity contribution < 1.29 is 19.1 Å². The fraction of sp³-hybridized carbons (Fsp3) is 0.211. The first-order chi connectivity index (χ1) is 12.5. The van der Waals surface area contributed by atoms with Gasteiger partial charge < -0.3 is 19.6 Å². The Labute approximate surface area is 149 Å². The summed E-state index contributed by atoms with van der Waals surface area (Å²) in [5.74, 6) is -0.388. The minimum atomic E-state index is -1.07. The summed E-state index contributed by atoms with van der Waals surface area (Å²) in [4.78, 5) is 28.0. The number of benzene rings is 2. The molecular weight excluding hydrogens is 336 g/mol. The number of aryl methyl sites for hydroxylation is 1. The molecule has 0 saturated carbocycles. The van der Waals surface area contributed by atoms with Gasteiger partial charge in [-0.25, -0.2) is 9.59 Å². The number of hydrogen-bond donors (Lipinski definition) is 2. The van der Waals surface area contributed by atoms with E-state index in [0.717, 1.165) is 11.1 Å². The van der Waals surface area contributed by atoms with Gasteiger partial charge in [-0.2, -0.15) is 4.98 Å². The maximum Gasteiger partial charge on any atom is 0.348 e. The molecule has 1 aromatic heterocycles. The van der Waals surface area contributed by atoms with Crippen molar-refractivity contribution in [2.24, 2.45) is 0 Å². The lowest BCUT2D eigenvalue weighted by molar-refractivity contribution is -0.137. The number of aromatic nitrogens is 1. The van der Waals surface area contributed by atoms with Gasteiger partial charge in [0.05, 0.1) is 18.0 Å². The minimum absolute atomic E-state index is 0.117. The first-order valence-electron chi connectivity index (χ1n) is 8.00. The van der Waals surface area contributed by atoms with Crippen LogP contribution in [0.25, 0.3) is 10.9 Å². The lowest BCUT2D eigenvalue weighted by atomic mass is 10.1. The fourth-order valence-corrected chi connectivity index (χ4v) is 2.69. The second kappa shape index (κ2) is 7.26. The smallest absolute Gasteiger partial charge is 0.348 e. The first kappa shape index (κ1) is 17.5. The second-order valence-electron chi connectivity index (χ2n) is 5.86. The van der Waals surface area contributed by atoms with Gasteiger partial charge in [0, 0.05) is 6.42 Å². The van der Waals surface area contributed by atoms with Crippen molar-refractivity contribution >= 4 is 22.9 Å². The van der Waals surface area contributed by atoms with Crippen LogP contribution in [0, 0.1) is 6.92 Å². The third-order valence-corrected chi connectivity index (χ3v) is 4.06. The van der Waals surface area contributed by atoms with Gasteiger partial charge in [0.15, 0.2) is 0 Å². The number of nitrogens with one attached hydrogen (secondary N) is 1. The Kier molecular flexibility index (Phi) is 4.88. The first-order valence-corrected chi connectivity index (χ1v) is 8.00. The largest absolute Gasteiger partial charge is 0.497 e. The Morgan fingerprint density at radius 3 is 2.65 bits per heavy atom. The van der Waals surface area contributed by atoms with E-state index in [1.807, 2.05) is 0 Å². The highest BCUT2D eigenvalue weighted by molar-refractivity contribution is 5.82. The van der Waals surface area contributed by atoms with Crippen molar-refractivity contribution in [3.05, 3.63) is 64.0 Å². The van der Waals surface area contributed by atoms with E-state index in [4.69, 9.17) is 9.15 Å². The summed E-state index contributed by atoms with van der Waals surface area (Å²) in [6, 6.07) is 11.2. The van der Waals surface area contributed by atoms with Gasteiger partial charge >= 0.3 is 11.6 Å². The van der Waals surface area contributed by atoms with E-state index in [-0.39, 0.29) is 12.4 Å². The molecule has 3 rings (SSSR count). The quantitative estimate of drug-likeness (QED) is 0.701. The highest BCUT2D eigenvalue weighted by atomic mass is 16.5. The summed E-state index contributed by atoms with van der Waals surface area (Å²) in [6.45, 7) is 1.79. The molecule has 3 aromatic rings. The lowest BCUT2D eigenvalue weighted by Gasteiger charge is -2.14. The predicted octanol–water partition coefficient (Wildman–Crippen LogP) is 2.61. The molecule has 0 unspecified atom stereocenters. The number of methoxy groups -OCH3 is 1. The van der Waals surface area contributed by atoms with Gasteiger partial charge in [-0.3, -0.25) is 0 Å². The van der Waals surface area contributed by atoms with Crippen molar-refractivity contribution in [1.29, 1.82) is 0 Å². The summed E-state index contributed by atoms with van der Waals surface area (Å²) < 4.78 is 10.3. The molecule has 0 saturated heterocycles. The normalized spacial score (nSPS) is 11.9. The van der Waals surface area contributed by atoms with Crippen molar-refractivity contribution in [3.8, 4) is 5.75 Å². The molecule has 0 aliphatic heterocycles. The number of rotatable bonds is 6. The average molecular weight is 354 g/mol. The highest BCUT2D eigenvalue weighted by Gasteiger charge is 2.20. The van der Waals surface area contributed by atoms with Crippen LogP contribution in [0.15, 0.2) is 51.7 Å². The molecule has 2 N–H and O–H groups in total. The molecule has 0 aliphatic carbocycles. The number of hydrogen-bond acceptors (Lipinski definition) is 6. The van der Waals surface area contributed by atoms with E-state index >= 15 is 0 Å². The Bertz CT molecular complexity index is 995. The summed E-state index contributed by atoms with van der Waals surface area (Å²) >= 11 is 0. The number of carboxylic acid groups (broad SMARTS) is 1. The molecule has 26 heavy (non-hydrogen) atoms. The van der Waals surface area contributed by atoms with Crippen LogP contribution in [-0.2, 0) is 11.2 Å². The lowest BCUT2D eigenvalue weighted by Crippen LogP contribution is -2.32. The van der Waals surface area contributed by atoms with Gasteiger partial charge in [0.1, 0.15) is 11.8 Å². The van der Waals surface area contributed by atoms with Crippen molar-refractivity contribution in [2.75, 3.05) is 12.4 Å². The molecule has 1 heterocycles. The van der Waals surface area contributed by atoms with Crippen LogP contribution in [0.4, 0.5) is 6.01 Å². The molecule has 0 spiro atoms. The maximum absolute atomic E-state index is 12.2. The van der Waals surface area contributed by atoms with Crippen LogP contribution < -0.4 is 15.7 Å². The van der Waals surface area contributed by atoms with Crippen molar-refractivity contribution in [1.82, 2.24) is 4.98 Å². The zero-order chi connectivity index (χ0) is 18.7. The van der Waals surface area contributed by atoms with E-state index in [1.54, 1.807) is 56.5 Å². The molecular formula is C19H18N2O5. The predicted molar refractivity (Wildman–Crippen MR) is 96.8 cm³/mol. The molecule has 0 bridgehead atoms. The Morgan fingerprint density at radius 2 is 2.00 bits per heavy atom. The zero-order valence-corrected chi connectivity index (χ0v) is 14.4. The summed E-state index contributed by atoms with van der Waals surface area (Å²) in [7, 11) is 1.56. The molecule has 0 amide bonds. The monoisotopic (exact) mass is 354 g/mol. The number of aliphatic carboxylic acids is 1. The van der Waals surface area contributed by atoms with E-state index in [9.17, 15) is 14.7 Å². The van der Waals surface area contributed by atoms with Gasteiger partial charge in [-0.1, -0.05) is 24.3 Å². The third-order valence-electron chi connectivity index (χ3n) is 4.06. The average Bonchev–Trinajstić information content (AvgIpc) is 2.61. The Morgan fingerprint density at radius 1 is 1.27 bits per heavy atom. The topological polar surface area (TPSA) is 102 Å². The summed E-state index contributed by atoms with van der Waals surface area (Å²) in [5, 5.41) is 12.6.